The summed E-state index contributed by atoms with van der Waals surface area (Å²) >= 11 is 0. The predicted octanol–water partition coefficient (Wildman–Crippen LogP) is 4.67. The number of hydrogen-bond acceptors (Lipinski definition) is 6. The molecule has 0 radical (unpaired) electrons. The number of nitrogen functional groups attached to an aromatic ring is 1. The maximum Gasteiger partial charge on any atom is 0.146 e. The molecule has 3 fully saturated rings. The van der Waals surface area contributed by atoms with Gasteiger partial charge in [0.2, 0.25) is 0 Å². The molecule has 0 spiro atoms. The Kier molecular flexibility index (Phi) is 5.49. The number of aromatic nitrogens is 3. The Balaban J connectivity index is 1.23. The zero-order valence-corrected chi connectivity index (χ0v) is 20.2. The van der Waals surface area contributed by atoms with E-state index in [2.05, 4.69) is 51.6 Å². The average Bonchev–Trinajstić information content (AvgIpc) is 3.31. The highest BCUT2D eigenvalue weighted by Crippen LogP contribution is 2.43. The third kappa shape index (κ3) is 4.16. The predicted molar refractivity (Wildman–Crippen MR) is 134 cm³/mol. The molecule has 34 heavy (non-hydrogen) atoms. The maximum atomic E-state index is 6.37. The highest BCUT2D eigenvalue weighted by Gasteiger charge is 2.35. The van der Waals surface area contributed by atoms with Gasteiger partial charge in [-0.25, -0.2) is 9.97 Å². The lowest BCUT2D eigenvalue weighted by Crippen LogP contribution is -2.43. The fourth-order valence-corrected chi connectivity index (χ4v) is 5.75. The van der Waals surface area contributed by atoms with Gasteiger partial charge in [0, 0.05) is 24.3 Å². The van der Waals surface area contributed by atoms with Crippen LogP contribution in [0, 0.1) is 5.92 Å². The Labute approximate surface area is 201 Å². The Hall–Kier alpha value is -2.64. The molecule has 3 aliphatic rings. The van der Waals surface area contributed by atoms with Crippen LogP contribution in [0.25, 0.3) is 22.2 Å². The van der Waals surface area contributed by atoms with Crippen LogP contribution in [0.2, 0.25) is 0 Å². The summed E-state index contributed by atoms with van der Waals surface area (Å²) in [6.45, 7) is 8.63. The largest absolute Gasteiger partial charge is 0.491 e. The van der Waals surface area contributed by atoms with Crippen LogP contribution in [0.3, 0.4) is 0 Å². The van der Waals surface area contributed by atoms with E-state index in [1.807, 2.05) is 12.1 Å². The van der Waals surface area contributed by atoms with Gasteiger partial charge in [0.25, 0.3) is 0 Å². The molecule has 0 bridgehead atoms. The molecule has 7 nitrogen and oxygen atoms in total. The van der Waals surface area contributed by atoms with Crippen molar-refractivity contribution in [3.8, 4) is 16.9 Å². The number of rotatable bonds is 7. The summed E-state index contributed by atoms with van der Waals surface area (Å²) in [6.07, 6.45) is 9.81. The van der Waals surface area contributed by atoms with Crippen molar-refractivity contribution >= 4 is 16.9 Å². The molecule has 2 aliphatic heterocycles. The molecule has 2 N–H and O–H groups in total. The van der Waals surface area contributed by atoms with Gasteiger partial charge < -0.3 is 24.7 Å². The monoisotopic (exact) mass is 461 g/mol. The summed E-state index contributed by atoms with van der Waals surface area (Å²) in [6, 6.07) is 8.73. The quantitative estimate of drug-likeness (QED) is 0.551. The minimum atomic E-state index is -0.0506. The van der Waals surface area contributed by atoms with Crippen LogP contribution in [0.1, 0.15) is 52.0 Å². The van der Waals surface area contributed by atoms with Crippen molar-refractivity contribution in [3.05, 3.63) is 36.8 Å². The number of anilines is 1. The Morgan fingerprint density at radius 3 is 2.79 bits per heavy atom. The number of benzene rings is 1. The first-order valence-corrected chi connectivity index (χ1v) is 12.7. The van der Waals surface area contributed by atoms with Crippen molar-refractivity contribution in [1.82, 2.24) is 19.4 Å². The summed E-state index contributed by atoms with van der Waals surface area (Å²) in [7, 11) is 0. The normalized spacial score (nSPS) is 26.4. The maximum absolute atomic E-state index is 6.37. The molecule has 2 aromatic heterocycles. The molecule has 0 amide bonds. The van der Waals surface area contributed by atoms with Crippen molar-refractivity contribution in [1.29, 1.82) is 0 Å². The number of nitrogens with zero attached hydrogens (tertiary/aromatic N) is 4. The molecule has 1 aliphatic carbocycles. The summed E-state index contributed by atoms with van der Waals surface area (Å²) in [5, 5.41) is 0.937. The highest BCUT2D eigenvalue weighted by molar-refractivity contribution is 6.00. The second kappa shape index (κ2) is 8.54. The first kappa shape index (κ1) is 21.9. The Morgan fingerprint density at radius 2 is 2.06 bits per heavy atom. The van der Waals surface area contributed by atoms with Crippen LogP contribution < -0.4 is 10.5 Å². The minimum absolute atomic E-state index is 0.0506. The Bertz CT molecular complexity index is 1180. The van der Waals surface area contributed by atoms with Crippen molar-refractivity contribution in [2.24, 2.45) is 5.92 Å². The molecule has 7 heteroatoms. The van der Waals surface area contributed by atoms with Gasteiger partial charge in [0.1, 0.15) is 30.1 Å². The van der Waals surface area contributed by atoms with E-state index in [4.69, 9.17) is 15.2 Å². The lowest BCUT2D eigenvalue weighted by Gasteiger charge is -2.42. The van der Waals surface area contributed by atoms with E-state index in [9.17, 15) is 0 Å². The molecular weight excluding hydrogens is 426 g/mol. The number of likely N-dealkylation sites (tertiary alicyclic amines) is 1. The first-order chi connectivity index (χ1) is 16.4. The van der Waals surface area contributed by atoms with Crippen molar-refractivity contribution in [2.45, 2.75) is 63.7 Å². The van der Waals surface area contributed by atoms with Crippen LogP contribution in [0.5, 0.6) is 5.75 Å². The first-order valence-electron chi connectivity index (χ1n) is 12.7. The Morgan fingerprint density at radius 1 is 1.21 bits per heavy atom. The molecule has 1 aromatic carbocycles. The van der Waals surface area contributed by atoms with E-state index in [-0.39, 0.29) is 11.7 Å². The number of hydrogen-bond donors (Lipinski definition) is 1. The van der Waals surface area contributed by atoms with Crippen LogP contribution in [-0.2, 0) is 4.74 Å². The lowest BCUT2D eigenvalue weighted by molar-refractivity contribution is -0.0326. The second-order valence-electron chi connectivity index (χ2n) is 10.9. The van der Waals surface area contributed by atoms with E-state index in [1.165, 1.54) is 38.9 Å². The molecule has 4 heterocycles. The third-order valence-electron chi connectivity index (χ3n) is 7.84. The highest BCUT2D eigenvalue weighted by atomic mass is 16.6. The minimum Gasteiger partial charge on any atom is -0.491 e. The molecule has 1 saturated carbocycles. The van der Waals surface area contributed by atoms with Crippen molar-refractivity contribution in [3.63, 3.8) is 0 Å². The van der Waals surface area contributed by atoms with Crippen LogP contribution in [0.4, 0.5) is 5.82 Å². The molecule has 1 atom stereocenters. The van der Waals surface area contributed by atoms with E-state index in [0.29, 0.717) is 18.5 Å². The second-order valence-corrected chi connectivity index (χ2v) is 10.9. The van der Waals surface area contributed by atoms with Gasteiger partial charge in [0.15, 0.2) is 0 Å². The molecule has 180 valence electrons. The molecule has 2 saturated heterocycles. The zero-order valence-electron chi connectivity index (χ0n) is 20.2. The molecule has 0 unspecified atom stereocenters. The molecular formula is C27H35N5O2. The average molecular weight is 462 g/mol. The number of fused-ring (bicyclic) bond motifs is 1. The SMILES string of the molecule is CC1(C)CC[C@H](COc2cccc(-c3cn([C@H]4C[C@@H](CN5CCC5)C4)c4ncnc(N)c34)c2)O1. The smallest absolute Gasteiger partial charge is 0.146 e. The summed E-state index contributed by atoms with van der Waals surface area (Å²) in [5.74, 6) is 2.16. The van der Waals surface area contributed by atoms with E-state index >= 15 is 0 Å². The van der Waals surface area contributed by atoms with Crippen LogP contribution >= 0.6 is 0 Å². The fraction of sp³-hybridized carbons (Fsp3) is 0.556. The van der Waals surface area contributed by atoms with Crippen molar-refractivity contribution < 1.29 is 9.47 Å². The van der Waals surface area contributed by atoms with Gasteiger partial charge in [-0.05, 0) is 82.7 Å². The molecule has 3 aromatic rings. The standard InChI is InChI=1S/C27H35N5O2/c1-27(2)8-7-22(34-27)16-33-21-6-3-5-19(13-21)23-15-32(26-24(23)25(28)29-17-30-26)20-11-18(12-20)14-31-9-4-10-31/h3,5-6,13,15,17-18,20,22H,4,7-12,14,16H2,1-2H3,(H2,28,29,30)/t18-,20+,22-/m1/s1. The van der Waals surface area contributed by atoms with E-state index < -0.39 is 0 Å². The number of ether oxygens (including phenoxy) is 2. The lowest BCUT2D eigenvalue weighted by atomic mass is 9.79. The topological polar surface area (TPSA) is 78.4 Å². The third-order valence-corrected chi connectivity index (χ3v) is 7.84. The van der Waals surface area contributed by atoms with Gasteiger partial charge in [-0.1, -0.05) is 12.1 Å². The number of nitrogens with two attached hydrogens (primary N) is 1. The summed E-state index contributed by atoms with van der Waals surface area (Å²) < 4.78 is 14.6. The van der Waals surface area contributed by atoms with Gasteiger partial charge in [-0.15, -0.1) is 0 Å². The molecule has 6 rings (SSSR count). The van der Waals surface area contributed by atoms with Gasteiger partial charge in [0.05, 0.1) is 17.1 Å². The summed E-state index contributed by atoms with van der Waals surface area (Å²) in [5.41, 5.74) is 9.40. The van der Waals surface area contributed by atoms with Gasteiger partial charge in [-0.2, -0.15) is 0 Å². The van der Waals surface area contributed by atoms with Crippen molar-refractivity contribution in [2.75, 3.05) is 32.0 Å². The van der Waals surface area contributed by atoms with Crippen LogP contribution in [0.15, 0.2) is 36.8 Å². The van der Waals surface area contributed by atoms with Gasteiger partial charge >= 0.3 is 0 Å². The van der Waals surface area contributed by atoms with Crippen LogP contribution in [-0.4, -0.2) is 57.4 Å². The zero-order chi connectivity index (χ0) is 23.3. The fourth-order valence-electron chi connectivity index (χ4n) is 5.75. The van der Waals surface area contributed by atoms with E-state index in [0.717, 1.165) is 46.7 Å². The van der Waals surface area contributed by atoms with E-state index in [1.54, 1.807) is 6.33 Å². The van der Waals surface area contributed by atoms with Gasteiger partial charge in [-0.3, -0.25) is 0 Å². The summed E-state index contributed by atoms with van der Waals surface area (Å²) in [4.78, 5) is 11.5.